The minimum atomic E-state index is -4.65. The van der Waals surface area contributed by atoms with E-state index in [-0.39, 0.29) is 30.9 Å². The first kappa shape index (κ1) is 20.3. The summed E-state index contributed by atoms with van der Waals surface area (Å²) in [5.41, 5.74) is -1.14. The third-order valence-electron chi connectivity index (χ3n) is 3.28. The quantitative estimate of drug-likeness (QED) is 0.777. The molecule has 0 aliphatic carbocycles. The summed E-state index contributed by atoms with van der Waals surface area (Å²) in [5, 5.41) is 16.7. The molecule has 11 heteroatoms. The Morgan fingerprint density at radius 1 is 1.19 bits per heavy atom. The molecule has 27 heavy (non-hydrogen) atoms. The predicted octanol–water partition coefficient (Wildman–Crippen LogP) is 3.44. The van der Waals surface area contributed by atoms with Crippen LogP contribution in [0, 0.1) is 11.3 Å². The van der Waals surface area contributed by atoms with Gasteiger partial charge in [0.2, 0.25) is 11.8 Å². The lowest BCUT2D eigenvalue weighted by Crippen LogP contribution is -2.18. The zero-order valence-electron chi connectivity index (χ0n) is 13.7. The second-order valence-corrected chi connectivity index (χ2v) is 5.75. The van der Waals surface area contributed by atoms with Crippen LogP contribution in [-0.4, -0.2) is 21.6 Å². The second-order valence-electron chi connectivity index (χ2n) is 5.35. The SMILES string of the molecule is N#CCn1ccc(NC(=O)CCC(=O)Nc2ccc(Cl)c(C(F)(F)F)c2)n1. The number of amides is 2. The fourth-order valence-corrected chi connectivity index (χ4v) is 2.29. The largest absolute Gasteiger partial charge is 0.417 e. The fourth-order valence-electron chi connectivity index (χ4n) is 2.07. The van der Waals surface area contributed by atoms with E-state index < -0.39 is 28.6 Å². The smallest absolute Gasteiger partial charge is 0.326 e. The normalized spacial score (nSPS) is 10.9. The highest BCUT2D eigenvalue weighted by molar-refractivity contribution is 6.31. The molecule has 0 fully saturated rings. The van der Waals surface area contributed by atoms with Gasteiger partial charge in [0.15, 0.2) is 5.82 Å². The van der Waals surface area contributed by atoms with Crippen LogP contribution in [0.1, 0.15) is 18.4 Å². The number of nitrogens with one attached hydrogen (secondary N) is 2. The van der Waals surface area contributed by atoms with Gasteiger partial charge in [0.1, 0.15) is 6.54 Å². The summed E-state index contributed by atoms with van der Waals surface area (Å²) in [6.45, 7) is 0.0271. The van der Waals surface area contributed by atoms with Crippen LogP contribution in [0.3, 0.4) is 0 Å². The van der Waals surface area contributed by atoms with E-state index in [1.165, 1.54) is 23.0 Å². The Hall–Kier alpha value is -3.06. The molecule has 1 aromatic heterocycles. The molecule has 0 saturated carbocycles. The fraction of sp³-hybridized carbons (Fsp3) is 0.250. The highest BCUT2D eigenvalue weighted by atomic mass is 35.5. The Morgan fingerprint density at radius 3 is 2.48 bits per heavy atom. The highest BCUT2D eigenvalue weighted by Crippen LogP contribution is 2.36. The van der Waals surface area contributed by atoms with E-state index in [0.717, 1.165) is 12.1 Å². The van der Waals surface area contributed by atoms with E-state index in [4.69, 9.17) is 16.9 Å². The molecule has 142 valence electrons. The molecular weight excluding hydrogens is 387 g/mol. The first-order chi connectivity index (χ1) is 12.7. The number of hydrogen-bond donors (Lipinski definition) is 2. The average Bonchev–Trinajstić information content (AvgIpc) is 3.01. The summed E-state index contributed by atoms with van der Waals surface area (Å²) >= 11 is 5.51. The van der Waals surface area contributed by atoms with Crippen LogP contribution in [0.4, 0.5) is 24.7 Å². The summed E-state index contributed by atoms with van der Waals surface area (Å²) in [4.78, 5) is 23.6. The number of benzene rings is 1. The Morgan fingerprint density at radius 2 is 1.85 bits per heavy atom. The molecule has 0 atom stereocenters. The summed E-state index contributed by atoms with van der Waals surface area (Å²) in [6, 6.07) is 6.36. The maximum atomic E-state index is 12.8. The first-order valence-electron chi connectivity index (χ1n) is 7.56. The van der Waals surface area contributed by atoms with Crippen molar-refractivity contribution in [1.82, 2.24) is 9.78 Å². The molecule has 7 nitrogen and oxygen atoms in total. The van der Waals surface area contributed by atoms with E-state index in [1.807, 2.05) is 6.07 Å². The number of anilines is 2. The topological polar surface area (TPSA) is 99.8 Å². The van der Waals surface area contributed by atoms with Crippen molar-refractivity contribution >= 4 is 34.9 Å². The Bertz CT molecular complexity index is 889. The lowest BCUT2D eigenvalue weighted by Gasteiger charge is -2.11. The molecule has 1 heterocycles. The third kappa shape index (κ3) is 6.00. The lowest BCUT2D eigenvalue weighted by molar-refractivity contribution is -0.137. The first-order valence-corrected chi connectivity index (χ1v) is 7.93. The van der Waals surface area contributed by atoms with Gasteiger partial charge in [-0.15, -0.1) is 0 Å². The van der Waals surface area contributed by atoms with Crippen LogP contribution in [0.15, 0.2) is 30.5 Å². The Labute approximate surface area is 156 Å². The van der Waals surface area contributed by atoms with Crippen LogP contribution in [0.25, 0.3) is 0 Å². The van der Waals surface area contributed by atoms with Crippen LogP contribution in [-0.2, 0) is 22.3 Å². The van der Waals surface area contributed by atoms with Gasteiger partial charge in [0.05, 0.1) is 16.7 Å². The standard InChI is InChI=1S/C16H13ClF3N5O2/c17-12-2-1-10(9-11(12)16(18,19)20)22-14(26)3-4-15(27)23-13-5-7-25(24-13)8-6-21/h1-2,5,7,9H,3-4,8H2,(H,22,26)(H,23,24,27). The van der Waals surface area contributed by atoms with E-state index >= 15 is 0 Å². The molecular formula is C16H13ClF3N5O2. The molecule has 2 aromatic rings. The van der Waals surface area contributed by atoms with Gasteiger partial charge in [0.25, 0.3) is 0 Å². The molecule has 0 radical (unpaired) electrons. The minimum absolute atomic E-state index is 0.0271. The van der Waals surface area contributed by atoms with Gasteiger partial charge >= 0.3 is 6.18 Å². The van der Waals surface area contributed by atoms with Gasteiger partial charge in [-0.3, -0.25) is 14.3 Å². The predicted molar refractivity (Wildman–Crippen MR) is 90.8 cm³/mol. The van der Waals surface area contributed by atoms with Crippen molar-refractivity contribution in [3.05, 3.63) is 41.0 Å². The molecule has 0 spiro atoms. The molecule has 0 bridgehead atoms. The minimum Gasteiger partial charge on any atom is -0.326 e. The number of rotatable bonds is 6. The molecule has 2 N–H and O–H groups in total. The molecule has 0 aliphatic rings. The Kier molecular flexibility index (Phi) is 6.41. The van der Waals surface area contributed by atoms with Crippen molar-refractivity contribution in [2.75, 3.05) is 10.6 Å². The van der Waals surface area contributed by atoms with E-state index in [0.29, 0.717) is 0 Å². The lowest BCUT2D eigenvalue weighted by atomic mass is 10.2. The van der Waals surface area contributed by atoms with Crippen LogP contribution < -0.4 is 10.6 Å². The van der Waals surface area contributed by atoms with Gasteiger partial charge in [0, 0.05) is 30.8 Å². The summed E-state index contributed by atoms with van der Waals surface area (Å²) in [5.74, 6) is -0.904. The van der Waals surface area contributed by atoms with Crippen molar-refractivity contribution in [2.45, 2.75) is 25.6 Å². The van der Waals surface area contributed by atoms with Gasteiger partial charge in [-0.2, -0.15) is 23.5 Å². The summed E-state index contributed by atoms with van der Waals surface area (Å²) in [6.07, 6.45) is -3.58. The molecule has 0 aliphatic heterocycles. The van der Waals surface area contributed by atoms with Crippen molar-refractivity contribution in [1.29, 1.82) is 5.26 Å². The highest BCUT2D eigenvalue weighted by Gasteiger charge is 2.33. The monoisotopic (exact) mass is 399 g/mol. The molecule has 2 rings (SSSR count). The van der Waals surface area contributed by atoms with Crippen molar-refractivity contribution < 1.29 is 22.8 Å². The van der Waals surface area contributed by atoms with Crippen LogP contribution >= 0.6 is 11.6 Å². The zero-order valence-corrected chi connectivity index (χ0v) is 14.4. The third-order valence-corrected chi connectivity index (χ3v) is 3.61. The number of hydrogen-bond acceptors (Lipinski definition) is 4. The van der Waals surface area contributed by atoms with E-state index in [2.05, 4.69) is 15.7 Å². The number of alkyl halides is 3. The van der Waals surface area contributed by atoms with E-state index in [9.17, 15) is 22.8 Å². The number of halogens is 4. The molecule has 1 aromatic carbocycles. The van der Waals surface area contributed by atoms with Crippen LogP contribution in [0.5, 0.6) is 0 Å². The number of nitrogens with zero attached hydrogens (tertiary/aromatic N) is 3. The van der Waals surface area contributed by atoms with Gasteiger partial charge in [-0.1, -0.05) is 11.6 Å². The van der Waals surface area contributed by atoms with Gasteiger partial charge in [-0.25, -0.2) is 0 Å². The zero-order chi connectivity index (χ0) is 20.0. The van der Waals surface area contributed by atoms with Gasteiger partial charge in [-0.05, 0) is 18.2 Å². The molecule has 0 unspecified atom stereocenters. The van der Waals surface area contributed by atoms with Crippen LogP contribution in [0.2, 0.25) is 5.02 Å². The van der Waals surface area contributed by atoms with Crippen molar-refractivity contribution in [2.24, 2.45) is 0 Å². The van der Waals surface area contributed by atoms with Gasteiger partial charge < -0.3 is 10.6 Å². The second kappa shape index (κ2) is 8.55. The summed E-state index contributed by atoms with van der Waals surface area (Å²) in [7, 11) is 0. The maximum absolute atomic E-state index is 12.8. The molecule has 2 amide bonds. The molecule has 0 saturated heterocycles. The number of carbonyl (C=O) groups excluding carboxylic acids is 2. The van der Waals surface area contributed by atoms with Crippen molar-refractivity contribution in [3.8, 4) is 6.07 Å². The van der Waals surface area contributed by atoms with Crippen molar-refractivity contribution in [3.63, 3.8) is 0 Å². The number of nitriles is 1. The summed E-state index contributed by atoms with van der Waals surface area (Å²) < 4.78 is 39.7. The number of aromatic nitrogens is 2. The average molecular weight is 400 g/mol. The maximum Gasteiger partial charge on any atom is 0.417 e. The van der Waals surface area contributed by atoms with E-state index in [1.54, 1.807) is 0 Å². The number of carbonyl (C=O) groups is 2. The Balaban J connectivity index is 1.87.